The van der Waals surface area contributed by atoms with Gasteiger partial charge in [-0.05, 0) is 122 Å². The molecule has 0 aliphatic heterocycles. The molecule has 1 atom stereocenters. The second-order valence-corrected chi connectivity index (χ2v) is 23.1. The minimum absolute atomic E-state index is 0.0851. The molecule has 1 unspecified atom stereocenters. The number of carbonyl (C=O) groups is 3. The van der Waals surface area contributed by atoms with Gasteiger partial charge in [0.05, 0.1) is 0 Å². The van der Waals surface area contributed by atoms with Crippen LogP contribution in [-0.4, -0.2) is 37.2 Å². The molecule has 0 radical (unpaired) electrons. The molecule has 0 fully saturated rings. The average molecular weight is 1120 g/mol. The molecule has 0 heterocycles. The molecule has 0 aliphatic carbocycles. The Bertz CT molecular complexity index is 1520. The summed E-state index contributed by atoms with van der Waals surface area (Å²) in [6, 6.07) is 0. The number of rotatable bonds is 63. The normalized spacial score (nSPS) is 12.6. The van der Waals surface area contributed by atoms with Gasteiger partial charge in [-0.2, -0.15) is 0 Å². The Balaban J connectivity index is 4.40. The van der Waals surface area contributed by atoms with Crippen LogP contribution >= 0.6 is 0 Å². The van der Waals surface area contributed by atoms with Gasteiger partial charge in [0, 0.05) is 19.3 Å². The third-order valence-corrected chi connectivity index (χ3v) is 15.1. The zero-order valence-electron chi connectivity index (χ0n) is 53.1. The maximum atomic E-state index is 13.0. The van der Waals surface area contributed by atoms with Crippen LogP contribution in [0.15, 0.2) is 85.1 Å². The lowest BCUT2D eigenvalue weighted by atomic mass is 10.1. The fourth-order valence-corrected chi connectivity index (χ4v) is 9.87. The van der Waals surface area contributed by atoms with Crippen LogP contribution in [0.25, 0.3) is 0 Å². The maximum absolute atomic E-state index is 13.0. The van der Waals surface area contributed by atoms with E-state index < -0.39 is 6.10 Å². The van der Waals surface area contributed by atoms with E-state index in [1.165, 1.54) is 205 Å². The first-order chi connectivity index (χ1) is 39.5. The molecule has 462 valence electrons. The summed E-state index contributed by atoms with van der Waals surface area (Å²) in [7, 11) is 0. The number of hydrogen-bond donors (Lipinski definition) is 0. The maximum Gasteiger partial charge on any atom is 0.306 e. The molecule has 0 saturated carbocycles. The SMILES string of the molecule is CCCCCCC/C=C\C/C=C\C/C=C\CCCCCCCCCCC(=O)OCC(COC(=O)CCCCCCC/C=C\CCCCCCCCC)OC(=O)CCCCCCCCCC/C=C\C/C=C\C/C=C\CCCCCCC. The highest BCUT2D eigenvalue weighted by atomic mass is 16.6. The first-order valence-corrected chi connectivity index (χ1v) is 34.6. The molecule has 0 aromatic rings. The van der Waals surface area contributed by atoms with Gasteiger partial charge in [0.2, 0.25) is 0 Å². The fraction of sp³-hybridized carbons (Fsp3) is 0.770. The minimum Gasteiger partial charge on any atom is -0.462 e. The van der Waals surface area contributed by atoms with Crippen molar-refractivity contribution in [1.29, 1.82) is 0 Å². The van der Waals surface area contributed by atoms with Gasteiger partial charge < -0.3 is 14.2 Å². The quantitative estimate of drug-likeness (QED) is 0.0261. The molecule has 0 bridgehead atoms. The summed E-state index contributed by atoms with van der Waals surface area (Å²) in [4.78, 5) is 38.4. The highest BCUT2D eigenvalue weighted by Crippen LogP contribution is 2.16. The van der Waals surface area contributed by atoms with Crippen molar-refractivity contribution < 1.29 is 28.6 Å². The van der Waals surface area contributed by atoms with E-state index in [0.717, 1.165) is 103 Å². The third kappa shape index (κ3) is 65.4. The van der Waals surface area contributed by atoms with Gasteiger partial charge in [0.15, 0.2) is 6.10 Å². The predicted octanol–water partition coefficient (Wildman–Crippen LogP) is 23.8. The van der Waals surface area contributed by atoms with Gasteiger partial charge in [0.25, 0.3) is 0 Å². The average Bonchev–Trinajstić information content (AvgIpc) is 3.46. The topological polar surface area (TPSA) is 78.9 Å². The Morgan fingerprint density at radius 2 is 0.450 bits per heavy atom. The van der Waals surface area contributed by atoms with E-state index in [1.54, 1.807) is 0 Å². The molecular formula is C74H130O6. The highest BCUT2D eigenvalue weighted by Gasteiger charge is 2.19. The Morgan fingerprint density at radius 3 is 0.713 bits per heavy atom. The monoisotopic (exact) mass is 1110 g/mol. The number of ether oxygens (including phenoxy) is 3. The fourth-order valence-electron chi connectivity index (χ4n) is 9.87. The minimum atomic E-state index is -0.790. The Labute approximate surface area is 496 Å². The Morgan fingerprint density at radius 1 is 0.250 bits per heavy atom. The lowest BCUT2D eigenvalue weighted by molar-refractivity contribution is -0.167. The van der Waals surface area contributed by atoms with Crippen LogP contribution < -0.4 is 0 Å². The standard InChI is InChI=1S/C74H130O6/c1-4-7-10-13-16-19-22-25-28-31-33-35-37-39-41-43-46-49-52-55-58-61-64-67-73(76)79-70-71(69-78-72(75)66-63-60-57-54-51-48-45-30-27-24-21-18-15-12-9-6-3)80-74(77)68-65-62-59-56-53-50-47-44-42-40-38-36-34-32-29-26-23-20-17-14-11-8-5-2/h22-23,25-26,30-34,37-40,45,71H,4-21,24,27-29,35-36,41-44,46-70H2,1-3H3/b25-22-,26-23-,33-31-,34-32-,39-37-,40-38-,45-30-. The molecule has 0 N–H and O–H groups in total. The summed E-state index contributed by atoms with van der Waals surface area (Å²) in [6.07, 6.45) is 90.2. The smallest absolute Gasteiger partial charge is 0.306 e. The van der Waals surface area contributed by atoms with Gasteiger partial charge in [-0.15, -0.1) is 0 Å². The van der Waals surface area contributed by atoms with Crippen molar-refractivity contribution in [3.63, 3.8) is 0 Å². The van der Waals surface area contributed by atoms with Gasteiger partial charge in [-0.3, -0.25) is 14.4 Å². The third-order valence-electron chi connectivity index (χ3n) is 15.1. The molecule has 0 saturated heterocycles. The molecule has 80 heavy (non-hydrogen) atoms. The van der Waals surface area contributed by atoms with E-state index >= 15 is 0 Å². The van der Waals surface area contributed by atoms with E-state index in [2.05, 4.69) is 106 Å². The second-order valence-electron chi connectivity index (χ2n) is 23.1. The number of esters is 3. The van der Waals surface area contributed by atoms with E-state index in [1.807, 2.05) is 0 Å². The zero-order valence-corrected chi connectivity index (χ0v) is 53.1. The Kier molecular flexibility index (Phi) is 65.2. The summed E-state index contributed by atoms with van der Waals surface area (Å²) in [6.45, 7) is 6.64. The van der Waals surface area contributed by atoms with Crippen molar-refractivity contribution in [2.24, 2.45) is 0 Å². The number of carbonyl (C=O) groups excluding carboxylic acids is 3. The summed E-state index contributed by atoms with van der Waals surface area (Å²) < 4.78 is 17.0. The summed E-state index contributed by atoms with van der Waals surface area (Å²) in [5.74, 6) is -0.892. The van der Waals surface area contributed by atoms with Crippen LogP contribution in [-0.2, 0) is 28.6 Å². The van der Waals surface area contributed by atoms with Crippen molar-refractivity contribution in [3.05, 3.63) is 85.1 Å². The number of unbranched alkanes of at least 4 members (excludes halogenated alkanes) is 38. The number of allylic oxidation sites excluding steroid dienone is 14. The molecule has 0 aromatic heterocycles. The molecule has 0 spiro atoms. The molecule has 0 aliphatic rings. The first-order valence-electron chi connectivity index (χ1n) is 34.6. The van der Waals surface area contributed by atoms with E-state index in [0.29, 0.717) is 19.3 Å². The van der Waals surface area contributed by atoms with Crippen molar-refractivity contribution in [3.8, 4) is 0 Å². The largest absolute Gasteiger partial charge is 0.462 e. The molecule has 6 nitrogen and oxygen atoms in total. The van der Waals surface area contributed by atoms with Crippen LogP contribution in [0.3, 0.4) is 0 Å². The van der Waals surface area contributed by atoms with Crippen LogP contribution in [0.1, 0.15) is 348 Å². The van der Waals surface area contributed by atoms with Crippen molar-refractivity contribution >= 4 is 17.9 Å². The molecule has 0 rings (SSSR count). The number of hydrogen-bond acceptors (Lipinski definition) is 6. The van der Waals surface area contributed by atoms with E-state index in [4.69, 9.17) is 14.2 Å². The molecule has 6 heteroatoms. The van der Waals surface area contributed by atoms with Crippen LogP contribution in [0.2, 0.25) is 0 Å². The van der Waals surface area contributed by atoms with Crippen molar-refractivity contribution in [2.45, 2.75) is 354 Å². The van der Waals surface area contributed by atoms with E-state index in [-0.39, 0.29) is 31.1 Å². The van der Waals surface area contributed by atoms with Gasteiger partial charge in [0.1, 0.15) is 13.2 Å². The summed E-state index contributed by atoms with van der Waals surface area (Å²) in [5.41, 5.74) is 0. The van der Waals surface area contributed by atoms with Gasteiger partial charge in [-0.1, -0.05) is 292 Å². The van der Waals surface area contributed by atoms with Crippen molar-refractivity contribution in [1.82, 2.24) is 0 Å². The second kappa shape index (κ2) is 68.1. The molecular weight excluding hydrogens is 985 g/mol. The first kappa shape index (κ1) is 76.6. The Hall–Kier alpha value is -3.41. The lowest BCUT2D eigenvalue weighted by Gasteiger charge is -2.18. The van der Waals surface area contributed by atoms with Crippen LogP contribution in [0, 0.1) is 0 Å². The summed E-state index contributed by atoms with van der Waals surface area (Å²) >= 11 is 0. The van der Waals surface area contributed by atoms with E-state index in [9.17, 15) is 14.4 Å². The van der Waals surface area contributed by atoms with Gasteiger partial charge >= 0.3 is 17.9 Å². The predicted molar refractivity (Wildman–Crippen MR) is 348 cm³/mol. The zero-order chi connectivity index (χ0) is 57.8. The van der Waals surface area contributed by atoms with Crippen molar-refractivity contribution in [2.75, 3.05) is 13.2 Å². The summed E-state index contributed by atoms with van der Waals surface area (Å²) in [5, 5.41) is 0. The lowest BCUT2D eigenvalue weighted by Crippen LogP contribution is -2.30. The molecule has 0 aromatic carbocycles. The van der Waals surface area contributed by atoms with Crippen LogP contribution in [0.5, 0.6) is 0 Å². The van der Waals surface area contributed by atoms with Crippen LogP contribution in [0.4, 0.5) is 0 Å². The highest BCUT2D eigenvalue weighted by molar-refractivity contribution is 5.71. The molecule has 0 amide bonds. The van der Waals surface area contributed by atoms with Gasteiger partial charge in [-0.25, -0.2) is 0 Å².